The molecule has 1 rings (SSSR count). The van der Waals surface area contributed by atoms with Crippen LogP contribution in [0.25, 0.3) is 0 Å². The SMILES string of the molecule is CCCCN(CCCC)CC1CCNC1C. The van der Waals surface area contributed by atoms with Crippen molar-refractivity contribution in [3.63, 3.8) is 0 Å². The summed E-state index contributed by atoms with van der Waals surface area (Å²) in [5.41, 5.74) is 0. The lowest BCUT2D eigenvalue weighted by Gasteiger charge is -2.27. The van der Waals surface area contributed by atoms with Gasteiger partial charge in [-0.05, 0) is 51.7 Å². The van der Waals surface area contributed by atoms with Crippen LogP contribution in [-0.2, 0) is 0 Å². The highest BCUT2D eigenvalue weighted by Crippen LogP contribution is 2.17. The Labute approximate surface area is 102 Å². The molecule has 1 saturated heterocycles. The van der Waals surface area contributed by atoms with E-state index < -0.39 is 0 Å². The van der Waals surface area contributed by atoms with Crippen molar-refractivity contribution >= 4 is 0 Å². The fraction of sp³-hybridized carbons (Fsp3) is 1.00. The Morgan fingerprint density at radius 1 is 1.12 bits per heavy atom. The monoisotopic (exact) mass is 226 g/mol. The molecule has 1 aliphatic heterocycles. The third-order valence-electron chi connectivity index (χ3n) is 3.84. The van der Waals surface area contributed by atoms with Crippen LogP contribution < -0.4 is 5.32 Å². The van der Waals surface area contributed by atoms with Gasteiger partial charge in [0.25, 0.3) is 0 Å². The Bertz CT molecular complexity index is 162. The van der Waals surface area contributed by atoms with Crippen LogP contribution in [0.4, 0.5) is 0 Å². The molecule has 2 unspecified atom stereocenters. The topological polar surface area (TPSA) is 15.3 Å². The highest BCUT2D eigenvalue weighted by atomic mass is 15.1. The molecule has 0 amide bonds. The minimum absolute atomic E-state index is 0.728. The van der Waals surface area contributed by atoms with E-state index in [1.807, 2.05) is 0 Å². The van der Waals surface area contributed by atoms with Crippen LogP contribution in [0.2, 0.25) is 0 Å². The van der Waals surface area contributed by atoms with Gasteiger partial charge in [0.05, 0.1) is 0 Å². The van der Waals surface area contributed by atoms with E-state index in [-0.39, 0.29) is 0 Å². The Kier molecular flexibility index (Phi) is 7.06. The van der Waals surface area contributed by atoms with Gasteiger partial charge in [-0.25, -0.2) is 0 Å². The molecule has 2 heteroatoms. The lowest BCUT2D eigenvalue weighted by Crippen LogP contribution is -2.35. The van der Waals surface area contributed by atoms with E-state index in [4.69, 9.17) is 0 Å². The molecule has 0 radical (unpaired) electrons. The second-order valence-corrected chi connectivity index (χ2v) is 5.30. The zero-order chi connectivity index (χ0) is 11.8. The standard InChI is InChI=1S/C14H30N2/c1-4-6-10-16(11-7-5-2)12-14-8-9-15-13(14)3/h13-15H,4-12H2,1-3H3. The number of hydrogen-bond donors (Lipinski definition) is 1. The van der Waals surface area contributed by atoms with Crippen molar-refractivity contribution in [2.24, 2.45) is 5.92 Å². The maximum absolute atomic E-state index is 3.56. The van der Waals surface area contributed by atoms with Gasteiger partial charge < -0.3 is 10.2 Å². The van der Waals surface area contributed by atoms with Crippen molar-refractivity contribution in [2.45, 2.75) is 58.9 Å². The zero-order valence-corrected chi connectivity index (χ0v) is 11.5. The van der Waals surface area contributed by atoms with Crippen LogP contribution in [0.1, 0.15) is 52.9 Å². The van der Waals surface area contributed by atoms with E-state index in [2.05, 4.69) is 31.0 Å². The smallest absolute Gasteiger partial charge is 0.00796 e. The Hall–Kier alpha value is -0.0800. The Morgan fingerprint density at radius 2 is 1.75 bits per heavy atom. The first kappa shape index (κ1) is 14.0. The van der Waals surface area contributed by atoms with Crippen molar-refractivity contribution in [3.05, 3.63) is 0 Å². The molecular weight excluding hydrogens is 196 g/mol. The van der Waals surface area contributed by atoms with Crippen LogP contribution in [0.3, 0.4) is 0 Å². The molecule has 0 aliphatic carbocycles. The van der Waals surface area contributed by atoms with Gasteiger partial charge in [-0.1, -0.05) is 26.7 Å². The first-order chi connectivity index (χ1) is 7.77. The maximum Gasteiger partial charge on any atom is 0.00796 e. The van der Waals surface area contributed by atoms with E-state index in [0.29, 0.717) is 0 Å². The molecule has 16 heavy (non-hydrogen) atoms. The zero-order valence-electron chi connectivity index (χ0n) is 11.5. The predicted octanol–water partition coefficient (Wildman–Crippen LogP) is 2.89. The number of rotatable bonds is 8. The predicted molar refractivity (Wildman–Crippen MR) is 71.8 cm³/mol. The second-order valence-electron chi connectivity index (χ2n) is 5.30. The summed E-state index contributed by atoms with van der Waals surface area (Å²) >= 11 is 0. The minimum Gasteiger partial charge on any atom is -0.314 e. The molecule has 0 spiro atoms. The van der Waals surface area contributed by atoms with E-state index in [0.717, 1.165) is 12.0 Å². The van der Waals surface area contributed by atoms with Gasteiger partial charge in [0, 0.05) is 12.6 Å². The number of unbranched alkanes of at least 4 members (excludes halogenated alkanes) is 2. The molecule has 0 aromatic rings. The summed E-state index contributed by atoms with van der Waals surface area (Å²) in [4.78, 5) is 2.70. The molecule has 0 aromatic heterocycles. The summed E-state index contributed by atoms with van der Waals surface area (Å²) < 4.78 is 0. The van der Waals surface area contributed by atoms with Gasteiger partial charge in [-0.15, -0.1) is 0 Å². The van der Waals surface area contributed by atoms with Gasteiger partial charge in [0.2, 0.25) is 0 Å². The van der Waals surface area contributed by atoms with Crippen molar-refractivity contribution in [2.75, 3.05) is 26.2 Å². The summed E-state index contributed by atoms with van der Waals surface area (Å²) in [5, 5.41) is 3.56. The quantitative estimate of drug-likeness (QED) is 0.684. The third kappa shape index (κ3) is 4.84. The molecule has 1 heterocycles. The molecule has 1 fully saturated rings. The molecular formula is C14H30N2. The van der Waals surface area contributed by atoms with Gasteiger partial charge in [-0.2, -0.15) is 0 Å². The Morgan fingerprint density at radius 3 is 2.19 bits per heavy atom. The fourth-order valence-electron chi connectivity index (χ4n) is 2.55. The molecule has 0 aromatic carbocycles. The van der Waals surface area contributed by atoms with E-state index in [1.54, 1.807) is 0 Å². The molecule has 96 valence electrons. The normalized spacial score (nSPS) is 25.5. The second kappa shape index (κ2) is 8.08. The number of hydrogen-bond acceptors (Lipinski definition) is 2. The summed E-state index contributed by atoms with van der Waals surface area (Å²) in [6.07, 6.45) is 6.73. The van der Waals surface area contributed by atoms with Gasteiger partial charge in [0.15, 0.2) is 0 Å². The summed E-state index contributed by atoms with van der Waals surface area (Å²) in [6, 6.07) is 0.728. The van der Waals surface area contributed by atoms with Crippen LogP contribution in [-0.4, -0.2) is 37.1 Å². The van der Waals surface area contributed by atoms with Crippen LogP contribution in [0.15, 0.2) is 0 Å². The molecule has 1 aliphatic rings. The average molecular weight is 226 g/mol. The number of nitrogens with one attached hydrogen (secondary N) is 1. The van der Waals surface area contributed by atoms with Gasteiger partial charge in [0.1, 0.15) is 0 Å². The molecule has 0 bridgehead atoms. The lowest BCUT2D eigenvalue weighted by atomic mass is 10.0. The minimum atomic E-state index is 0.728. The van der Waals surface area contributed by atoms with Crippen molar-refractivity contribution in [1.29, 1.82) is 0 Å². The largest absolute Gasteiger partial charge is 0.314 e. The number of nitrogens with zero attached hydrogens (tertiary/aromatic N) is 1. The van der Waals surface area contributed by atoms with E-state index in [1.165, 1.54) is 58.3 Å². The lowest BCUT2D eigenvalue weighted by molar-refractivity contribution is 0.217. The van der Waals surface area contributed by atoms with Crippen LogP contribution in [0, 0.1) is 5.92 Å². The molecule has 2 nitrogen and oxygen atoms in total. The maximum atomic E-state index is 3.56. The highest BCUT2D eigenvalue weighted by Gasteiger charge is 2.24. The van der Waals surface area contributed by atoms with Crippen molar-refractivity contribution in [3.8, 4) is 0 Å². The first-order valence-corrected chi connectivity index (χ1v) is 7.23. The van der Waals surface area contributed by atoms with E-state index in [9.17, 15) is 0 Å². The third-order valence-corrected chi connectivity index (χ3v) is 3.84. The average Bonchev–Trinajstić information content (AvgIpc) is 2.68. The summed E-state index contributed by atoms with van der Waals surface area (Å²) in [6.45, 7) is 12.1. The summed E-state index contributed by atoms with van der Waals surface area (Å²) in [7, 11) is 0. The molecule has 2 atom stereocenters. The molecule has 0 saturated carbocycles. The van der Waals surface area contributed by atoms with Crippen molar-refractivity contribution in [1.82, 2.24) is 10.2 Å². The first-order valence-electron chi connectivity index (χ1n) is 7.23. The van der Waals surface area contributed by atoms with Gasteiger partial charge >= 0.3 is 0 Å². The highest BCUT2D eigenvalue weighted by molar-refractivity contribution is 4.82. The Balaban J connectivity index is 2.29. The van der Waals surface area contributed by atoms with Crippen molar-refractivity contribution < 1.29 is 0 Å². The van der Waals surface area contributed by atoms with Gasteiger partial charge in [-0.3, -0.25) is 0 Å². The fourth-order valence-corrected chi connectivity index (χ4v) is 2.55. The summed E-state index contributed by atoms with van der Waals surface area (Å²) in [5.74, 6) is 0.883. The van der Waals surface area contributed by atoms with Crippen LogP contribution >= 0.6 is 0 Å². The molecule has 1 N–H and O–H groups in total. The van der Waals surface area contributed by atoms with Crippen LogP contribution in [0.5, 0.6) is 0 Å². The van der Waals surface area contributed by atoms with E-state index >= 15 is 0 Å².